The number of hydrogen-bond donors (Lipinski definition) is 0. The van der Waals surface area contributed by atoms with Gasteiger partial charge in [-0.25, -0.2) is 0 Å². The van der Waals surface area contributed by atoms with E-state index in [1.165, 1.54) is 17.3 Å². The fourth-order valence-corrected chi connectivity index (χ4v) is 6.85. The van der Waals surface area contributed by atoms with Gasteiger partial charge in [0.1, 0.15) is 0 Å². The first-order valence-electron chi connectivity index (χ1n) is 6.35. The van der Waals surface area contributed by atoms with Crippen molar-refractivity contribution in [1.82, 2.24) is 0 Å². The van der Waals surface area contributed by atoms with Crippen LogP contribution in [0.4, 0.5) is 0 Å². The van der Waals surface area contributed by atoms with E-state index in [2.05, 4.69) is 43.0 Å². The van der Waals surface area contributed by atoms with Gasteiger partial charge in [-0.2, -0.15) is 0 Å². The second kappa shape index (κ2) is 3.47. The van der Waals surface area contributed by atoms with E-state index in [9.17, 15) is 0 Å². The predicted octanol–water partition coefficient (Wildman–Crippen LogP) is 2.17. The predicted molar refractivity (Wildman–Crippen MR) is 69.6 cm³/mol. The zero-order chi connectivity index (χ0) is 11.5. The molecule has 1 aromatic carbocycles. The topological polar surface area (TPSA) is 9.23 Å². The fourth-order valence-electron chi connectivity index (χ4n) is 3.90. The Morgan fingerprint density at radius 3 is 2.82 bits per heavy atom. The Hall–Kier alpha value is -0.561. The van der Waals surface area contributed by atoms with E-state index >= 15 is 0 Å². The third-order valence-electron chi connectivity index (χ3n) is 4.67. The van der Waals surface area contributed by atoms with E-state index in [0.717, 1.165) is 16.7 Å². The van der Waals surface area contributed by atoms with E-state index < -0.39 is 0 Å². The first kappa shape index (κ1) is 10.4. The van der Waals surface area contributed by atoms with Crippen molar-refractivity contribution >= 4 is 19.4 Å². The Balaban J connectivity index is 1.55. The molecule has 5 unspecified atom stereocenters. The first-order valence-corrected chi connectivity index (χ1v) is 8.20. The van der Waals surface area contributed by atoms with Gasteiger partial charge in [0.05, 0.1) is 0 Å². The van der Waals surface area contributed by atoms with Crippen molar-refractivity contribution in [2.75, 3.05) is 0 Å². The summed E-state index contributed by atoms with van der Waals surface area (Å²) in [4.78, 5) is 0.816. The third kappa shape index (κ3) is 1.29. The van der Waals surface area contributed by atoms with Gasteiger partial charge >= 0.3 is 108 Å². The van der Waals surface area contributed by atoms with E-state index in [0.29, 0.717) is 21.1 Å². The second-order valence-corrected chi connectivity index (χ2v) is 8.07. The quantitative estimate of drug-likeness (QED) is 0.612. The maximum absolute atomic E-state index is 6.15. The molecule has 0 N–H and O–H groups in total. The van der Waals surface area contributed by atoms with E-state index in [-0.39, 0.29) is 5.60 Å². The van der Waals surface area contributed by atoms with Gasteiger partial charge in [0, 0.05) is 0 Å². The van der Waals surface area contributed by atoms with Crippen molar-refractivity contribution in [1.29, 1.82) is 0 Å². The summed E-state index contributed by atoms with van der Waals surface area (Å²) in [5.41, 5.74) is 0.0958. The van der Waals surface area contributed by atoms with E-state index in [4.69, 9.17) is 4.74 Å². The molecule has 17 heavy (non-hydrogen) atoms. The summed E-state index contributed by atoms with van der Waals surface area (Å²) < 4.78 is 7.67. The zero-order valence-corrected chi connectivity index (χ0v) is 11.4. The Morgan fingerprint density at radius 2 is 2.18 bits per heavy atom. The van der Waals surface area contributed by atoms with Crippen LogP contribution in [0.2, 0.25) is 4.82 Å². The van der Waals surface area contributed by atoms with E-state index in [1.807, 2.05) is 0 Å². The van der Waals surface area contributed by atoms with Crippen molar-refractivity contribution in [3.8, 4) is 0 Å². The van der Waals surface area contributed by atoms with Crippen molar-refractivity contribution < 1.29 is 4.74 Å². The summed E-state index contributed by atoms with van der Waals surface area (Å²) in [6, 6.07) is 10.9. The number of rotatable bonds is 3. The molecule has 88 valence electrons. The number of fused-ring (bicyclic) bond motifs is 1. The van der Waals surface area contributed by atoms with E-state index in [1.54, 1.807) is 0 Å². The molecule has 3 fully saturated rings. The summed E-state index contributed by atoms with van der Waals surface area (Å²) >= 11 is 0.582. The molecule has 2 saturated carbocycles. The molecule has 1 aromatic rings. The monoisotopic (exact) mass is 292 g/mol. The normalized spacial score (nSPS) is 45.6. The summed E-state index contributed by atoms with van der Waals surface area (Å²) in [7, 11) is 0. The Bertz CT molecular complexity index is 455. The van der Waals surface area contributed by atoms with Crippen LogP contribution in [-0.4, -0.2) is 26.7 Å². The second-order valence-electron chi connectivity index (χ2n) is 5.44. The summed E-state index contributed by atoms with van der Waals surface area (Å²) in [5.74, 6) is 1.69. The first-order chi connectivity index (χ1) is 8.32. The van der Waals surface area contributed by atoms with Crippen LogP contribution >= 0.6 is 0 Å². The third-order valence-corrected chi connectivity index (χ3v) is 7.75. The summed E-state index contributed by atoms with van der Waals surface area (Å²) in [6.07, 6.45) is 5.24. The molecule has 0 aromatic heterocycles. The Labute approximate surface area is 108 Å². The molecule has 0 amide bonds. The van der Waals surface area contributed by atoms with Crippen LogP contribution in [0.3, 0.4) is 0 Å². The van der Waals surface area contributed by atoms with Crippen molar-refractivity contribution in [2.45, 2.75) is 29.4 Å². The average Bonchev–Trinajstić information content (AvgIpc) is 2.79. The van der Waals surface area contributed by atoms with Gasteiger partial charge < -0.3 is 0 Å². The molecule has 5 atom stereocenters. The molecule has 1 nitrogen and oxygen atoms in total. The minimum atomic E-state index is 0.0958. The molecule has 3 aliphatic rings. The van der Waals surface area contributed by atoms with Crippen LogP contribution < -0.4 is 4.46 Å². The molecule has 2 heteroatoms. The van der Waals surface area contributed by atoms with Crippen LogP contribution in [0.5, 0.6) is 0 Å². The molecule has 2 aliphatic carbocycles. The standard InChI is InChI=1S/C15H16OSe/c1-2-15-9-10-8-12(15)13(16-15)14(10)17-11-6-4-3-5-7-11/h2-7,10,12-14H,1,8-9H2. The Kier molecular flexibility index (Phi) is 2.12. The van der Waals surface area contributed by atoms with Gasteiger partial charge in [-0.15, -0.1) is 0 Å². The molecule has 1 saturated heterocycles. The van der Waals surface area contributed by atoms with Crippen molar-refractivity contribution in [2.24, 2.45) is 11.8 Å². The SMILES string of the molecule is C=CC12CC3CC1C(O2)C3[Se]c1ccccc1. The molecule has 1 aliphatic heterocycles. The molecule has 4 rings (SSSR count). The molecule has 1 heterocycles. The van der Waals surface area contributed by atoms with Crippen LogP contribution in [0, 0.1) is 11.8 Å². The van der Waals surface area contributed by atoms with Crippen LogP contribution in [0.1, 0.15) is 12.8 Å². The van der Waals surface area contributed by atoms with Crippen molar-refractivity contribution in [3.63, 3.8) is 0 Å². The van der Waals surface area contributed by atoms with Gasteiger partial charge in [-0.05, 0) is 0 Å². The van der Waals surface area contributed by atoms with Crippen LogP contribution in [0.15, 0.2) is 43.0 Å². The van der Waals surface area contributed by atoms with Crippen LogP contribution in [0.25, 0.3) is 0 Å². The minimum absolute atomic E-state index is 0.0958. The summed E-state index contributed by atoms with van der Waals surface area (Å²) in [5, 5.41) is 0. The maximum atomic E-state index is 6.15. The summed E-state index contributed by atoms with van der Waals surface area (Å²) in [6.45, 7) is 3.96. The number of ether oxygens (including phenoxy) is 1. The van der Waals surface area contributed by atoms with Gasteiger partial charge in [-0.1, -0.05) is 0 Å². The van der Waals surface area contributed by atoms with Crippen LogP contribution in [-0.2, 0) is 4.74 Å². The molecular formula is C15H16OSe. The van der Waals surface area contributed by atoms with Gasteiger partial charge in [0.15, 0.2) is 0 Å². The van der Waals surface area contributed by atoms with Gasteiger partial charge in [0.25, 0.3) is 0 Å². The molecule has 2 bridgehead atoms. The fraction of sp³-hybridized carbons (Fsp3) is 0.467. The molecule has 0 radical (unpaired) electrons. The average molecular weight is 291 g/mol. The molecular weight excluding hydrogens is 275 g/mol. The van der Waals surface area contributed by atoms with Gasteiger partial charge in [0.2, 0.25) is 0 Å². The number of hydrogen-bond acceptors (Lipinski definition) is 1. The van der Waals surface area contributed by atoms with Gasteiger partial charge in [-0.3, -0.25) is 0 Å². The Morgan fingerprint density at radius 1 is 1.35 bits per heavy atom. The van der Waals surface area contributed by atoms with Crippen molar-refractivity contribution in [3.05, 3.63) is 43.0 Å². The number of benzene rings is 1. The molecule has 0 spiro atoms. The zero-order valence-electron chi connectivity index (χ0n) is 9.71.